The van der Waals surface area contributed by atoms with Gasteiger partial charge in [0.15, 0.2) is 0 Å². The molecular formula is C19H23FN2O3. The zero-order valence-corrected chi connectivity index (χ0v) is 14.3. The van der Waals surface area contributed by atoms with Gasteiger partial charge in [-0.25, -0.2) is 4.39 Å². The summed E-state index contributed by atoms with van der Waals surface area (Å²) in [5, 5.41) is 3.46. The molecular weight excluding hydrogens is 323 g/mol. The van der Waals surface area contributed by atoms with E-state index < -0.39 is 0 Å². The van der Waals surface area contributed by atoms with Crippen molar-refractivity contribution in [3.8, 4) is 0 Å². The highest BCUT2D eigenvalue weighted by atomic mass is 19.1. The molecule has 0 aliphatic heterocycles. The van der Waals surface area contributed by atoms with E-state index in [0.29, 0.717) is 35.4 Å². The smallest absolute Gasteiger partial charge is 0.306 e. The van der Waals surface area contributed by atoms with E-state index in [1.807, 2.05) is 0 Å². The predicted octanol–water partition coefficient (Wildman–Crippen LogP) is 3.55. The highest BCUT2D eigenvalue weighted by molar-refractivity contribution is 6.05. The second-order valence-corrected chi connectivity index (χ2v) is 6.56. The second kappa shape index (κ2) is 7.68. The van der Waals surface area contributed by atoms with Crippen molar-refractivity contribution in [3.63, 3.8) is 0 Å². The van der Waals surface area contributed by atoms with Crippen molar-refractivity contribution < 1.29 is 18.7 Å². The minimum absolute atomic E-state index is 0.0843. The summed E-state index contributed by atoms with van der Waals surface area (Å²) in [7, 11) is 0. The summed E-state index contributed by atoms with van der Waals surface area (Å²) < 4.78 is 18.7. The standard InChI is InChI=1S/C19H23FN2O3/c1-2-25-17(23)11-12-3-5-13(6-4-12)22-19(24)15-7-8-16(20)14-9-10-21-18(14)15/h7-10,12-13,21H,2-6,11H2,1H3,(H,22,24). The summed E-state index contributed by atoms with van der Waals surface area (Å²) in [6, 6.07) is 4.54. The fourth-order valence-electron chi connectivity index (χ4n) is 3.54. The number of benzene rings is 1. The van der Waals surface area contributed by atoms with Crippen LogP contribution >= 0.6 is 0 Å². The average Bonchev–Trinajstić information content (AvgIpc) is 3.07. The van der Waals surface area contributed by atoms with E-state index in [1.54, 1.807) is 19.2 Å². The van der Waals surface area contributed by atoms with Crippen LogP contribution in [0.1, 0.15) is 49.4 Å². The summed E-state index contributed by atoms with van der Waals surface area (Å²) in [6.07, 6.45) is 5.55. The monoisotopic (exact) mass is 346 g/mol. The molecule has 0 unspecified atom stereocenters. The first kappa shape index (κ1) is 17.5. The van der Waals surface area contributed by atoms with E-state index in [2.05, 4.69) is 10.3 Å². The molecule has 5 nitrogen and oxygen atoms in total. The minimum atomic E-state index is -0.340. The molecule has 1 heterocycles. The van der Waals surface area contributed by atoms with Gasteiger partial charge in [0.25, 0.3) is 5.91 Å². The molecule has 3 rings (SSSR count). The van der Waals surface area contributed by atoms with Crippen LogP contribution < -0.4 is 5.32 Å². The lowest BCUT2D eigenvalue weighted by Gasteiger charge is -2.28. The highest BCUT2D eigenvalue weighted by Crippen LogP contribution is 2.28. The van der Waals surface area contributed by atoms with Gasteiger partial charge in [-0.05, 0) is 56.7 Å². The Morgan fingerprint density at radius 3 is 2.72 bits per heavy atom. The van der Waals surface area contributed by atoms with E-state index in [4.69, 9.17) is 4.74 Å². The molecule has 1 saturated carbocycles. The fourth-order valence-corrected chi connectivity index (χ4v) is 3.54. The van der Waals surface area contributed by atoms with Crippen molar-refractivity contribution in [3.05, 3.63) is 35.8 Å². The Hall–Kier alpha value is -2.37. The number of aromatic nitrogens is 1. The number of esters is 1. The molecule has 2 aromatic rings. The van der Waals surface area contributed by atoms with Gasteiger partial charge in [-0.15, -0.1) is 0 Å². The predicted molar refractivity (Wildman–Crippen MR) is 92.7 cm³/mol. The molecule has 1 aromatic heterocycles. The zero-order chi connectivity index (χ0) is 17.8. The van der Waals surface area contributed by atoms with Gasteiger partial charge in [-0.3, -0.25) is 9.59 Å². The molecule has 2 N–H and O–H groups in total. The third kappa shape index (κ3) is 4.00. The van der Waals surface area contributed by atoms with Crippen LogP contribution in [0.2, 0.25) is 0 Å². The zero-order valence-electron chi connectivity index (χ0n) is 14.3. The molecule has 134 valence electrons. The molecule has 1 amide bonds. The van der Waals surface area contributed by atoms with Gasteiger partial charge in [0, 0.05) is 24.0 Å². The summed E-state index contributed by atoms with van der Waals surface area (Å²) in [5.74, 6) is -0.350. The summed E-state index contributed by atoms with van der Waals surface area (Å²) in [5.41, 5.74) is 0.976. The van der Waals surface area contributed by atoms with Crippen LogP contribution in [-0.2, 0) is 9.53 Å². The lowest BCUT2D eigenvalue weighted by molar-refractivity contribution is -0.144. The maximum absolute atomic E-state index is 13.7. The van der Waals surface area contributed by atoms with E-state index in [0.717, 1.165) is 25.7 Å². The Kier molecular flexibility index (Phi) is 5.36. The van der Waals surface area contributed by atoms with Gasteiger partial charge in [-0.1, -0.05) is 0 Å². The number of halogens is 1. The number of ether oxygens (including phenoxy) is 1. The van der Waals surface area contributed by atoms with Gasteiger partial charge >= 0.3 is 5.97 Å². The third-order valence-corrected chi connectivity index (χ3v) is 4.86. The number of hydrogen-bond donors (Lipinski definition) is 2. The van der Waals surface area contributed by atoms with Crippen LogP contribution in [0, 0.1) is 11.7 Å². The Morgan fingerprint density at radius 1 is 1.24 bits per heavy atom. The van der Waals surface area contributed by atoms with Gasteiger partial charge in [0.2, 0.25) is 0 Å². The van der Waals surface area contributed by atoms with Crippen molar-refractivity contribution in [2.24, 2.45) is 5.92 Å². The normalized spacial score (nSPS) is 20.4. The van der Waals surface area contributed by atoms with E-state index in [1.165, 1.54) is 12.1 Å². The molecule has 0 spiro atoms. The van der Waals surface area contributed by atoms with Crippen molar-refractivity contribution >= 4 is 22.8 Å². The number of carbonyl (C=O) groups is 2. The lowest BCUT2D eigenvalue weighted by Crippen LogP contribution is -2.38. The van der Waals surface area contributed by atoms with Crippen LogP contribution in [-0.4, -0.2) is 29.5 Å². The lowest BCUT2D eigenvalue weighted by atomic mass is 9.84. The van der Waals surface area contributed by atoms with Gasteiger partial charge < -0.3 is 15.0 Å². The number of fused-ring (bicyclic) bond motifs is 1. The fraction of sp³-hybridized carbons (Fsp3) is 0.474. The van der Waals surface area contributed by atoms with Crippen molar-refractivity contribution in [1.29, 1.82) is 0 Å². The summed E-state index contributed by atoms with van der Waals surface area (Å²) in [6.45, 7) is 2.22. The molecule has 6 heteroatoms. The number of carbonyl (C=O) groups excluding carboxylic acids is 2. The van der Waals surface area contributed by atoms with Crippen LogP contribution in [0.15, 0.2) is 24.4 Å². The second-order valence-electron chi connectivity index (χ2n) is 6.56. The third-order valence-electron chi connectivity index (χ3n) is 4.86. The van der Waals surface area contributed by atoms with Crippen molar-refractivity contribution in [2.75, 3.05) is 6.61 Å². The Morgan fingerprint density at radius 2 is 2.00 bits per heavy atom. The topological polar surface area (TPSA) is 71.2 Å². The molecule has 0 atom stereocenters. The number of amides is 1. The first-order chi connectivity index (χ1) is 12.1. The number of nitrogens with one attached hydrogen (secondary N) is 2. The summed E-state index contributed by atoms with van der Waals surface area (Å²) >= 11 is 0. The van der Waals surface area contributed by atoms with Gasteiger partial charge in [0.1, 0.15) is 5.82 Å². The summed E-state index contributed by atoms with van der Waals surface area (Å²) in [4.78, 5) is 27.0. The first-order valence-electron chi connectivity index (χ1n) is 8.80. The molecule has 1 aliphatic rings. The average molecular weight is 346 g/mol. The SMILES string of the molecule is CCOC(=O)CC1CCC(NC(=O)c2ccc(F)c3cc[nH]c23)CC1. The van der Waals surface area contributed by atoms with Crippen LogP contribution in [0.4, 0.5) is 4.39 Å². The van der Waals surface area contributed by atoms with Crippen LogP contribution in [0.5, 0.6) is 0 Å². The van der Waals surface area contributed by atoms with E-state index in [-0.39, 0.29) is 23.7 Å². The molecule has 25 heavy (non-hydrogen) atoms. The van der Waals surface area contributed by atoms with Crippen LogP contribution in [0.25, 0.3) is 10.9 Å². The molecule has 0 bridgehead atoms. The van der Waals surface area contributed by atoms with Crippen molar-refractivity contribution in [1.82, 2.24) is 10.3 Å². The maximum atomic E-state index is 13.7. The van der Waals surface area contributed by atoms with Gasteiger partial charge in [-0.2, -0.15) is 0 Å². The molecule has 1 aromatic carbocycles. The Balaban J connectivity index is 1.57. The molecule has 0 saturated heterocycles. The quantitative estimate of drug-likeness (QED) is 0.814. The van der Waals surface area contributed by atoms with E-state index in [9.17, 15) is 14.0 Å². The largest absolute Gasteiger partial charge is 0.466 e. The number of rotatable bonds is 5. The van der Waals surface area contributed by atoms with Crippen LogP contribution in [0.3, 0.4) is 0 Å². The number of H-pyrrole nitrogens is 1. The molecule has 1 aliphatic carbocycles. The number of aromatic amines is 1. The van der Waals surface area contributed by atoms with Crippen molar-refractivity contribution in [2.45, 2.75) is 45.1 Å². The highest BCUT2D eigenvalue weighted by Gasteiger charge is 2.25. The first-order valence-corrected chi connectivity index (χ1v) is 8.80. The number of hydrogen-bond acceptors (Lipinski definition) is 3. The van der Waals surface area contributed by atoms with Gasteiger partial charge in [0.05, 0.1) is 17.7 Å². The van der Waals surface area contributed by atoms with E-state index >= 15 is 0 Å². The Bertz CT molecular complexity index is 763. The minimum Gasteiger partial charge on any atom is -0.466 e. The Labute approximate surface area is 145 Å². The molecule has 0 radical (unpaired) electrons. The maximum Gasteiger partial charge on any atom is 0.306 e. The molecule has 1 fully saturated rings.